The van der Waals surface area contributed by atoms with E-state index in [9.17, 15) is 4.79 Å². The van der Waals surface area contributed by atoms with Gasteiger partial charge < -0.3 is 4.74 Å². The second-order valence-electron chi connectivity index (χ2n) is 8.29. The molecule has 2 aromatic carbocycles. The maximum Gasteiger partial charge on any atom is 0.335 e. The van der Waals surface area contributed by atoms with E-state index < -0.39 is 0 Å². The number of benzene rings is 2. The summed E-state index contributed by atoms with van der Waals surface area (Å²) in [5.41, 5.74) is 4.33. The third-order valence-corrected chi connectivity index (χ3v) is 5.55. The third-order valence-electron chi connectivity index (χ3n) is 5.55. The first-order valence-corrected chi connectivity index (χ1v) is 12.1. The standard InChI is InChI=1S/C29H34N2O2/c1-3-5-7-8-10-12-28(32)33-27-19-17-25(18-20-27)24-13-15-26(16-14-24)29-30-21-23(22-31-29)11-9-6-4-2/h10,12-22H,3-9,11H2,1-2H3/b12-10+. The molecule has 0 unspecified atom stereocenters. The van der Waals surface area contributed by atoms with Crippen LogP contribution in [0.3, 0.4) is 0 Å². The van der Waals surface area contributed by atoms with Crippen LogP contribution in [0.25, 0.3) is 22.5 Å². The molecule has 4 heteroatoms. The highest BCUT2D eigenvalue weighted by atomic mass is 16.5. The van der Waals surface area contributed by atoms with E-state index in [1.54, 1.807) is 0 Å². The minimum Gasteiger partial charge on any atom is -0.423 e. The number of hydrogen-bond donors (Lipinski definition) is 0. The molecule has 0 saturated heterocycles. The highest BCUT2D eigenvalue weighted by molar-refractivity contribution is 5.84. The first-order valence-electron chi connectivity index (χ1n) is 12.1. The number of esters is 1. The molecule has 0 amide bonds. The summed E-state index contributed by atoms with van der Waals surface area (Å²) in [7, 11) is 0. The summed E-state index contributed by atoms with van der Waals surface area (Å²) in [4.78, 5) is 21.0. The van der Waals surface area contributed by atoms with E-state index in [2.05, 4.69) is 35.9 Å². The van der Waals surface area contributed by atoms with Crippen molar-refractivity contribution >= 4 is 5.97 Å². The number of nitrogens with zero attached hydrogens (tertiary/aromatic N) is 2. The summed E-state index contributed by atoms with van der Waals surface area (Å²) in [5.74, 6) is 0.955. The summed E-state index contributed by atoms with van der Waals surface area (Å²) in [6.07, 6.45) is 16.3. The monoisotopic (exact) mass is 442 g/mol. The number of aromatic nitrogens is 2. The lowest BCUT2D eigenvalue weighted by atomic mass is 10.0. The molecule has 4 nitrogen and oxygen atoms in total. The fourth-order valence-corrected chi connectivity index (χ4v) is 3.58. The largest absolute Gasteiger partial charge is 0.423 e. The molecule has 0 aliphatic carbocycles. The van der Waals surface area contributed by atoms with E-state index >= 15 is 0 Å². The summed E-state index contributed by atoms with van der Waals surface area (Å²) >= 11 is 0. The fourth-order valence-electron chi connectivity index (χ4n) is 3.58. The van der Waals surface area contributed by atoms with E-state index in [0.29, 0.717) is 5.75 Å². The number of rotatable bonds is 12. The van der Waals surface area contributed by atoms with Gasteiger partial charge in [-0.15, -0.1) is 0 Å². The normalized spacial score (nSPS) is 11.1. The zero-order chi connectivity index (χ0) is 23.3. The van der Waals surface area contributed by atoms with Gasteiger partial charge in [-0.3, -0.25) is 0 Å². The molecule has 0 saturated carbocycles. The molecule has 1 aromatic heterocycles. The molecule has 0 bridgehead atoms. The Labute approximate surface area is 197 Å². The van der Waals surface area contributed by atoms with Crippen molar-refractivity contribution in [3.8, 4) is 28.3 Å². The lowest BCUT2D eigenvalue weighted by Crippen LogP contribution is -2.03. The molecular weight excluding hydrogens is 408 g/mol. The molecule has 0 spiro atoms. The Bertz CT molecular complexity index is 1010. The van der Waals surface area contributed by atoms with Gasteiger partial charge in [0.15, 0.2) is 5.82 Å². The van der Waals surface area contributed by atoms with Crippen molar-refractivity contribution in [1.82, 2.24) is 9.97 Å². The predicted octanol–water partition coefficient (Wildman–Crippen LogP) is 7.59. The maximum absolute atomic E-state index is 11.9. The van der Waals surface area contributed by atoms with Crippen molar-refractivity contribution in [3.63, 3.8) is 0 Å². The van der Waals surface area contributed by atoms with Crippen LogP contribution >= 0.6 is 0 Å². The Hall–Kier alpha value is -3.27. The van der Waals surface area contributed by atoms with Gasteiger partial charge in [-0.05, 0) is 54.5 Å². The zero-order valence-corrected chi connectivity index (χ0v) is 19.8. The van der Waals surface area contributed by atoms with E-state index in [0.717, 1.165) is 41.8 Å². The van der Waals surface area contributed by atoms with Crippen LogP contribution in [-0.2, 0) is 11.2 Å². The Morgan fingerprint density at radius 1 is 0.788 bits per heavy atom. The van der Waals surface area contributed by atoms with Crippen LogP contribution in [0.1, 0.15) is 64.4 Å². The summed E-state index contributed by atoms with van der Waals surface area (Å²) < 4.78 is 5.39. The SMILES string of the molecule is CCCCC/C=C/C(=O)Oc1ccc(-c2ccc(-c3ncc(CCCCC)cn3)cc2)cc1. The van der Waals surface area contributed by atoms with Gasteiger partial charge in [0.1, 0.15) is 5.75 Å². The minimum atomic E-state index is -0.333. The predicted molar refractivity (Wildman–Crippen MR) is 135 cm³/mol. The number of carbonyl (C=O) groups excluding carboxylic acids is 1. The van der Waals surface area contributed by atoms with Gasteiger partial charge >= 0.3 is 5.97 Å². The first kappa shape index (κ1) is 24.4. The number of allylic oxidation sites excluding steroid dienone is 1. The quantitative estimate of drug-likeness (QED) is 0.125. The summed E-state index contributed by atoms with van der Waals surface area (Å²) in [6.45, 7) is 4.37. The molecule has 1 heterocycles. The van der Waals surface area contributed by atoms with Crippen LogP contribution in [0.4, 0.5) is 0 Å². The third kappa shape index (κ3) is 7.98. The average Bonchev–Trinajstić information content (AvgIpc) is 2.85. The van der Waals surface area contributed by atoms with Gasteiger partial charge in [0.25, 0.3) is 0 Å². The van der Waals surface area contributed by atoms with Gasteiger partial charge in [0.2, 0.25) is 0 Å². The van der Waals surface area contributed by atoms with E-state index in [-0.39, 0.29) is 5.97 Å². The van der Waals surface area contributed by atoms with Crippen molar-refractivity contribution in [2.45, 2.75) is 65.2 Å². The highest BCUT2D eigenvalue weighted by Gasteiger charge is 2.05. The maximum atomic E-state index is 11.9. The first-order chi connectivity index (χ1) is 16.2. The molecule has 0 atom stereocenters. The molecule has 0 N–H and O–H groups in total. The van der Waals surface area contributed by atoms with Gasteiger partial charge in [0, 0.05) is 24.0 Å². The topological polar surface area (TPSA) is 52.1 Å². The van der Waals surface area contributed by atoms with Crippen molar-refractivity contribution in [2.24, 2.45) is 0 Å². The van der Waals surface area contributed by atoms with Crippen molar-refractivity contribution in [3.05, 3.63) is 78.6 Å². The molecule has 0 aliphatic rings. The lowest BCUT2D eigenvalue weighted by Gasteiger charge is -2.06. The van der Waals surface area contributed by atoms with Crippen LogP contribution in [0.15, 0.2) is 73.1 Å². The van der Waals surface area contributed by atoms with Crippen molar-refractivity contribution in [1.29, 1.82) is 0 Å². The molecule has 0 radical (unpaired) electrons. The Balaban J connectivity index is 1.55. The van der Waals surface area contributed by atoms with Crippen LogP contribution in [0, 0.1) is 0 Å². The molecular formula is C29H34N2O2. The Morgan fingerprint density at radius 2 is 1.36 bits per heavy atom. The molecule has 3 rings (SSSR count). The van der Waals surface area contributed by atoms with E-state index in [1.165, 1.54) is 43.7 Å². The van der Waals surface area contributed by atoms with Gasteiger partial charge in [-0.2, -0.15) is 0 Å². The van der Waals surface area contributed by atoms with E-state index in [1.807, 2.05) is 54.9 Å². The Kier molecular flexibility index (Phi) is 9.84. The number of unbranched alkanes of at least 4 members (excludes halogenated alkanes) is 5. The number of ether oxygens (including phenoxy) is 1. The van der Waals surface area contributed by atoms with Crippen molar-refractivity contribution in [2.75, 3.05) is 0 Å². The smallest absolute Gasteiger partial charge is 0.335 e. The van der Waals surface area contributed by atoms with Gasteiger partial charge in [-0.1, -0.05) is 82.0 Å². The Morgan fingerprint density at radius 3 is 2.00 bits per heavy atom. The van der Waals surface area contributed by atoms with Crippen LogP contribution in [0.5, 0.6) is 5.75 Å². The van der Waals surface area contributed by atoms with Crippen LogP contribution in [0.2, 0.25) is 0 Å². The minimum absolute atomic E-state index is 0.333. The molecule has 3 aromatic rings. The van der Waals surface area contributed by atoms with Crippen molar-refractivity contribution < 1.29 is 9.53 Å². The van der Waals surface area contributed by atoms with Crippen LogP contribution in [-0.4, -0.2) is 15.9 Å². The number of carbonyl (C=O) groups is 1. The fraction of sp³-hybridized carbons (Fsp3) is 0.345. The van der Waals surface area contributed by atoms with Gasteiger partial charge in [0.05, 0.1) is 0 Å². The second-order valence-corrected chi connectivity index (χ2v) is 8.29. The van der Waals surface area contributed by atoms with Gasteiger partial charge in [-0.25, -0.2) is 14.8 Å². The van der Waals surface area contributed by atoms with Crippen LogP contribution < -0.4 is 4.74 Å². The molecule has 172 valence electrons. The molecule has 33 heavy (non-hydrogen) atoms. The molecule has 0 aliphatic heterocycles. The van der Waals surface area contributed by atoms with E-state index in [4.69, 9.17) is 4.74 Å². The lowest BCUT2D eigenvalue weighted by molar-refractivity contribution is -0.129. The zero-order valence-electron chi connectivity index (χ0n) is 19.8. The highest BCUT2D eigenvalue weighted by Crippen LogP contribution is 2.25. The summed E-state index contributed by atoms with van der Waals surface area (Å²) in [6, 6.07) is 15.8. The second kappa shape index (κ2) is 13.3. The average molecular weight is 443 g/mol. The number of hydrogen-bond acceptors (Lipinski definition) is 4. The number of aryl methyl sites for hydroxylation is 1. The molecule has 0 fully saturated rings. The summed E-state index contributed by atoms with van der Waals surface area (Å²) in [5, 5.41) is 0.